The van der Waals surface area contributed by atoms with E-state index in [4.69, 9.17) is 17.0 Å². The van der Waals surface area contributed by atoms with Gasteiger partial charge in [-0.1, -0.05) is 30.7 Å². The van der Waals surface area contributed by atoms with Gasteiger partial charge in [-0.05, 0) is 56.6 Å². The molecule has 0 bridgehead atoms. The second-order valence-corrected chi connectivity index (χ2v) is 7.53. The van der Waals surface area contributed by atoms with Crippen LogP contribution in [-0.4, -0.2) is 18.2 Å². The van der Waals surface area contributed by atoms with Crippen molar-refractivity contribution >= 4 is 39.6 Å². The summed E-state index contributed by atoms with van der Waals surface area (Å²) in [6, 6.07) is 8.29. The van der Waals surface area contributed by atoms with Crippen molar-refractivity contribution in [2.45, 2.75) is 40.2 Å². The van der Waals surface area contributed by atoms with Crippen LogP contribution >= 0.6 is 23.6 Å². The third kappa shape index (κ3) is 4.80. The van der Waals surface area contributed by atoms with Gasteiger partial charge in [-0.2, -0.15) is 0 Å². The lowest BCUT2D eigenvalue weighted by Gasteiger charge is -2.19. The van der Waals surface area contributed by atoms with Crippen molar-refractivity contribution in [3.05, 3.63) is 51.4 Å². The summed E-state index contributed by atoms with van der Waals surface area (Å²) in [6.07, 6.45) is 0.857. The first kappa shape index (κ1) is 19.4. The number of ether oxygens (including phenoxy) is 1. The average Bonchev–Trinajstić information content (AvgIpc) is 2.96. The first-order chi connectivity index (χ1) is 11.8. The highest BCUT2D eigenvalue weighted by atomic mass is 32.1. The second-order valence-electron chi connectivity index (χ2n) is 5.98. The molecule has 4 nitrogen and oxygen atoms in total. The summed E-state index contributed by atoms with van der Waals surface area (Å²) in [5.41, 5.74) is 4.18. The Morgan fingerprint density at radius 1 is 1.32 bits per heavy atom. The van der Waals surface area contributed by atoms with Gasteiger partial charge in [0.25, 0.3) is 0 Å². The van der Waals surface area contributed by atoms with Crippen LogP contribution in [0.1, 0.15) is 51.8 Å². The van der Waals surface area contributed by atoms with Crippen LogP contribution in [0.2, 0.25) is 0 Å². The molecule has 2 N–H and O–H groups in total. The Hall–Kier alpha value is -1.92. The van der Waals surface area contributed by atoms with E-state index in [0.29, 0.717) is 15.7 Å². The van der Waals surface area contributed by atoms with Crippen molar-refractivity contribution in [3.8, 4) is 0 Å². The van der Waals surface area contributed by atoms with Crippen LogP contribution in [0.4, 0.5) is 5.00 Å². The van der Waals surface area contributed by atoms with Gasteiger partial charge in [0.2, 0.25) is 0 Å². The van der Waals surface area contributed by atoms with E-state index in [0.717, 1.165) is 11.3 Å². The van der Waals surface area contributed by atoms with E-state index in [1.54, 1.807) is 0 Å². The molecule has 0 aliphatic carbocycles. The fourth-order valence-electron chi connectivity index (χ4n) is 2.70. The number of benzene rings is 1. The van der Waals surface area contributed by atoms with Crippen molar-refractivity contribution in [2.75, 3.05) is 12.4 Å². The van der Waals surface area contributed by atoms with E-state index >= 15 is 0 Å². The quantitative estimate of drug-likeness (QED) is 0.582. The minimum Gasteiger partial charge on any atom is -0.465 e. The Morgan fingerprint density at radius 2 is 2.04 bits per heavy atom. The number of hydrogen-bond acceptors (Lipinski definition) is 4. The van der Waals surface area contributed by atoms with Gasteiger partial charge >= 0.3 is 5.97 Å². The van der Waals surface area contributed by atoms with Gasteiger partial charge < -0.3 is 15.4 Å². The molecule has 0 amide bonds. The third-order valence-electron chi connectivity index (χ3n) is 4.00. The number of rotatable bonds is 5. The Bertz CT molecular complexity index is 784. The summed E-state index contributed by atoms with van der Waals surface area (Å²) in [5.74, 6) is -0.358. The molecule has 0 saturated carbocycles. The molecule has 0 saturated heterocycles. The lowest BCUT2D eigenvalue weighted by atomic mass is 10.0. The summed E-state index contributed by atoms with van der Waals surface area (Å²) < 4.78 is 4.86. The molecular weight excluding hydrogens is 352 g/mol. The molecule has 0 radical (unpaired) electrons. The number of nitrogens with one attached hydrogen (secondary N) is 2. The molecule has 1 aromatic carbocycles. The average molecular weight is 377 g/mol. The highest BCUT2D eigenvalue weighted by molar-refractivity contribution is 7.80. The van der Waals surface area contributed by atoms with E-state index in [1.165, 1.54) is 35.1 Å². The van der Waals surface area contributed by atoms with E-state index in [9.17, 15) is 4.79 Å². The topological polar surface area (TPSA) is 50.4 Å². The van der Waals surface area contributed by atoms with Crippen LogP contribution < -0.4 is 10.6 Å². The molecule has 2 rings (SSSR count). The van der Waals surface area contributed by atoms with Crippen molar-refractivity contribution in [1.82, 2.24) is 5.32 Å². The molecule has 25 heavy (non-hydrogen) atoms. The summed E-state index contributed by atoms with van der Waals surface area (Å²) in [6.45, 7) is 8.30. The van der Waals surface area contributed by atoms with Crippen molar-refractivity contribution in [3.63, 3.8) is 0 Å². The van der Waals surface area contributed by atoms with Crippen LogP contribution in [0, 0.1) is 13.8 Å². The molecule has 2 aromatic rings. The smallest absolute Gasteiger partial charge is 0.340 e. The predicted octanol–water partition coefficient (Wildman–Crippen LogP) is 4.76. The van der Waals surface area contributed by atoms with E-state index < -0.39 is 0 Å². The predicted molar refractivity (Wildman–Crippen MR) is 109 cm³/mol. The summed E-state index contributed by atoms with van der Waals surface area (Å²) in [4.78, 5) is 13.1. The number of aryl methyl sites for hydroxylation is 3. The lowest BCUT2D eigenvalue weighted by molar-refractivity contribution is 0.0602. The SMILES string of the molecule is CCc1cc(C(=O)OC)c(NC(=S)N[C@H](C)c2ccc(C)cc2C)s1. The standard InChI is InChI=1S/C19H24N2O2S2/c1-6-14-10-16(18(22)23-5)17(25-14)21-19(24)20-13(4)15-8-7-11(2)9-12(15)3/h7-10,13H,6H2,1-5H3,(H2,20,21,24)/t13-/m1/s1. The summed E-state index contributed by atoms with van der Waals surface area (Å²) in [5, 5.41) is 7.65. The molecule has 0 unspecified atom stereocenters. The number of thiophene rings is 1. The molecule has 0 aliphatic heterocycles. The van der Waals surface area contributed by atoms with Gasteiger partial charge in [-0.15, -0.1) is 11.3 Å². The van der Waals surface area contributed by atoms with E-state index in [1.807, 2.05) is 6.07 Å². The van der Waals surface area contributed by atoms with Gasteiger partial charge in [0.15, 0.2) is 5.11 Å². The first-order valence-corrected chi connectivity index (χ1v) is 9.43. The van der Waals surface area contributed by atoms with Crippen LogP contribution in [0.15, 0.2) is 24.3 Å². The number of thiocarbonyl (C=S) groups is 1. The highest BCUT2D eigenvalue weighted by Gasteiger charge is 2.18. The molecule has 1 atom stereocenters. The maximum Gasteiger partial charge on any atom is 0.340 e. The molecule has 0 fully saturated rings. The number of methoxy groups -OCH3 is 1. The first-order valence-electron chi connectivity index (χ1n) is 8.21. The van der Waals surface area contributed by atoms with Gasteiger partial charge in [-0.3, -0.25) is 0 Å². The molecule has 134 valence electrons. The number of carbonyl (C=O) groups excluding carboxylic acids is 1. The monoisotopic (exact) mass is 376 g/mol. The lowest BCUT2D eigenvalue weighted by Crippen LogP contribution is -2.31. The van der Waals surface area contributed by atoms with Crippen LogP contribution in [-0.2, 0) is 11.2 Å². The molecule has 0 spiro atoms. The third-order valence-corrected chi connectivity index (χ3v) is 5.42. The Morgan fingerprint density at radius 3 is 2.64 bits per heavy atom. The molecule has 0 aliphatic rings. The fraction of sp³-hybridized carbons (Fsp3) is 0.368. The van der Waals surface area contributed by atoms with E-state index in [2.05, 4.69) is 56.5 Å². The minimum atomic E-state index is -0.358. The number of hydrogen-bond donors (Lipinski definition) is 2. The van der Waals surface area contributed by atoms with Crippen LogP contribution in [0.5, 0.6) is 0 Å². The minimum absolute atomic E-state index is 0.0628. The molecule has 1 aromatic heterocycles. The zero-order valence-corrected chi connectivity index (χ0v) is 16.9. The number of carbonyl (C=O) groups is 1. The zero-order valence-electron chi connectivity index (χ0n) is 15.2. The maximum absolute atomic E-state index is 11.9. The largest absolute Gasteiger partial charge is 0.465 e. The number of anilines is 1. The Labute approximate surface area is 158 Å². The highest BCUT2D eigenvalue weighted by Crippen LogP contribution is 2.29. The summed E-state index contributed by atoms with van der Waals surface area (Å²) >= 11 is 6.96. The molecule has 1 heterocycles. The normalized spacial score (nSPS) is 11.7. The van der Waals surface area contributed by atoms with Gasteiger partial charge in [0.05, 0.1) is 18.7 Å². The second kappa shape index (κ2) is 8.45. The Kier molecular flexibility index (Phi) is 6.56. The summed E-state index contributed by atoms with van der Waals surface area (Å²) in [7, 11) is 1.38. The van der Waals surface area contributed by atoms with Crippen molar-refractivity contribution in [2.24, 2.45) is 0 Å². The molecular formula is C19H24N2O2S2. The van der Waals surface area contributed by atoms with Gasteiger partial charge in [0, 0.05) is 4.88 Å². The zero-order chi connectivity index (χ0) is 18.6. The van der Waals surface area contributed by atoms with Gasteiger partial charge in [0.1, 0.15) is 5.00 Å². The van der Waals surface area contributed by atoms with Crippen molar-refractivity contribution in [1.29, 1.82) is 0 Å². The Balaban J connectivity index is 2.12. The van der Waals surface area contributed by atoms with Gasteiger partial charge in [-0.25, -0.2) is 4.79 Å². The number of esters is 1. The maximum atomic E-state index is 11.9. The fourth-order valence-corrected chi connectivity index (χ4v) is 4.03. The van der Waals surface area contributed by atoms with Crippen LogP contribution in [0.3, 0.4) is 0 Å². The van der Waals surface area contributed by atoms with Crippen molar-refractivity contribution < 1.29 is 9.53 Å². The van der Waals surface area contributed by atoms with Crippen LogP contribution in [0.25, 0.3) is 0 Å². The molecule has 6 heteroatoms. The van der Waals surface area contributed by atoms with E-state index in [-0.39, 0.29) is 12.0 Å².